The van der Waals surface area contributed by atoms with Crippen molar-refractivity contribution in [3.63, 3.8) is 0 Å². The Hall–Kier alpha value is -0.860. The van der Waals surface area contributed by atoms with E-state index in [0.717, 1.165) is 50.5 Å². The maximum absolute atomic E-state index is 11.1. The van der Waals surface area contributed by atoms with Gasteiger partial charge in [-0.05, 0) is 55.6 Å². The molecule has 5 nitrogen and oxygen atoms in total. The van der Waals surface area contributed by atoms with Crippen LogP contribution in [0.4, 0.5) is 0 Å². The van der Waals surface area contributed by atoms with Gasteiger partial charge in [0.1, 0.15) is 5.60 Å². The summed E-state index contributed by atoms with van der Waals surface area (Å²) in [7, 11) is 1.77. The molecular formula is C21H34IN3O2. The van der Waals surface area contributed by atoms with Crippen LogP contribution in [0.2, 0.25) is 0 Å². The Bertz CT molecular complexity index is 634. The molecule has 0 heterocycles. The lowest BCUT2D eigenvalue weighted by Gasteiger charge is -2.41. The van der Waals surface area contributed by atoms with Crippen LogP contribution in [-0.2, 0) is 16.8 Å². The maximum Gasteiger partial charge on any atom is 0.191 e. The lowest BCUT2D eigenvalue weighted by Crippen LogP contribution is -2.45. The van der Waals surface area contributed by atoms with Gasteiger partial charge in [0.05, 0.1) is 6.54 Å². The second kappa shape index (κ2) is 10.1. The molecule has 2 aliphatic carbocycles. The zero-order valence-corrected chi connectivity index (χ0v) is 18.9. The third-order valence-electron chi connectivity index (χ3n) is 6.04. The quantitative estimate of drug-likeness (QED) is 0.300. The molecule has 0 radical (unpaired) electrons. The topological polar surface area (TPSA) is 65.9 Å². The number of fused-ring (bicyclic) bond motifs is 1. The molecule has 2 aliphatic rings. The summed E-state index contributed by atoms with van der Waals surface area (Å²) < 4.78 is 5.28. The van der Waals surface area contributed by atoms with Gasteiger partial charge in [-0.1, -0.05) is 30.7 Å². The summed E-state index contributed by atoms with van der Waals surface area (Å²) in [5, 5.41) is 17.8. The summed E-state index contributed by atoms with van der Waals surface area (Å²) in [6.07, 6.45) is 6.52. The Labute approximate surface area is 180 Å². The van der Waals surface area contributed by atoms with Crippen LogP contribution in [-0.4, -0.2) is 44.4 Å². The lowest BCUT2D eigenvalue weighted by molar-refractivity contribution is 0.0431. The van der Waals surface area contributed by atoms with E-state index in [0.29, 0.717) is 12.0 Å². The fourth-order valence-corrected chi connectivity index (χ4v) is 4.15. The first kappa shape index (κ1) is 22.4. The molecule has 1 fully saturated rings. The van der Waals surface area contributed by atoms with E-state index < -0.39 is 5.60 Å². The van der Waals surface area contributed by atoms with E-state index in [2.05, 4.69) is 23.6 Å². The normalized spacial score (nSPS) is 23.1. The van der Waals surface area contributed by atoms with Gasteiger partial charge in [0, 0.05) is 26.8 Å². The minimum absolute atomic E-state index is 0. The van der Waals surface area contributed by atoms with E-state index in [9.17, 15) is 5.11 Å². The van der Waals surface area contributed by atoms with Crippen molar-refractivity contribution in [1.82, 2.24) is 10.6 Å². The summed E-state index contributed by atoms with van der Waals surface area (Å²) in [5.74, 6) is 0.800. The number of guanidine groups is 1. The summed E-state index contributed by atoms with van der Waals surface area (Å²) in [6.45, 7) is 4.99. The zero-order chi connectivity index (χ0) is 18.5. The molecule has 3 N–H and O–H groups in total. The van der Waals surface area contributed by atoms with Crippen molar-refractivity contribution in [3.8, 4) is 0 Å². The number of nitrogens with one attached hydrogen (secondary N) is 2. The first-order valence-electron chi connectivity index (χ1n) is 9.93. The van der Waals surface area contributed by atoms with Crippen molar-refractivity contribution in [1.29, 1.82) is 0 Å². The van der Waals surface area contributed by atoms with Crippen LogP contribution in [0.25, 0.3) is 0 Å². The van der Waals surface area contributed by atoms with Gasteiger partial charge in [-0.15, -0.1) is 24.0 Å². The molecule has 0 saturated heterocycles. The highest BCUT2D eigenvalue weighted by Gasteiger charge is 2.37. The van der Waals surface area contributed by atoms with Crippen LogP contribution in [0.3, 0.4) is 0 Å². The monoisotopic (exact) mass is 487 g/mol. The fourth-order valence-electron chi connectivity index (χ4n) is 4.15. The highest BCUT2D eigenvalue weighted by molar-refractivity contribution is 14.0. The highest BCUT2D eigenvalue weighted by atomic mass is 127. The molecule has 1 aromatic rings. The van der Waals surface area contributed by atoms with Crippen LogP contribution in [0.15, 0.2) is 29.3 Å². The number of rotatable bonds is 8. The molecule has 3 rings (SSSR count). The number of aliphatic imine (C=N–C) groups is 1. The van der Waals surface area contributed by atoms with Crippen LogP contribution < -0.4 is 10.6 Å². The summed E-state index contributed by atoms with van der Waals surface area (Å²) >= 11 is 0. The number of hydrogen-bond acceptors (Lipinski definition) is 3. The first-order chi connectivity index (χ1) is 12.6. The maximum atomic E-state index is 11.1. The number of aryl methyl sites for hydroxylation is 1. The van der Waals surface area contributed by atoms with Crippen molar-refractivity contribution in [2.45, 2.75) is 51.0 Å². The molecule has 0 aromatic heterocycles. The number of methoxy groups -OCH3 is 1. The summed E-state index contributed by atoms with van der Waals surface area (Å²) in [4.78, 5) is 4.84. The number of hydrogen-bond donors (Lipinski definition) is 3. The average molecular weight is 487 g/mol. The van der Waals surface area contributed by atoms with Crippen LogP contribution in [0.5, 0.6) is 0 Å². The predicted octanol–water partition coefficient (Wildman–Crippen LogP) is 3.20. The van der Waals surface area contributed by atoms with E-state index in [-0.39, 0.29) is 24.0 Å². The molecule has 0 aliphatic heterocycles. The molecule has 1 unspecified atom stereocenters. The van der Waals surface area contributed by atoms with Gasteiger partial charge in [0.15, 0.2) is 5.96 Å². The molecule has 27 heavy (non-hydrogen) atoms. The molecule has 1 atom stereocenters. The molecule has 6 heteroatoms. The van der Waals surface area contributed by atoms with Gasteiger partial charge >= 0.3 is 0 Å². The Morgan fingerprint density at radius 3 is 2.67 bits per heavy atom. The van der Waals surface area contributed by atoms with E-state index in [1.54, 1.807) is 7.11 Å². The van der Waals surface area contributed by atoms with E-state index >= 15 is 0 Å². The standard InChI is InChI=1S/C21H33N3O2.HI/c1-3-22-19(23-15-20(10-6-11-20)13-14-26-2)24-16-21(25)12-9-17-7-4-5-8-18(17)21;/h4-5,7-8,25H,3,6,9-16H2,1-2H3,(H2,22,23,24);1H. The third kappa shape index (κ3) is 5.35. The first-order valence-corrected chi connectivity index (χ1v) is 9.93. The lowest BCUT2D eigenvalue weighted by atomic mass is 9.67. The largest absolute Gasteiger partial charge is 0.385 e. The second-order valence-corrected chi connectivity index (χ2v) is 7.83. The molecule has 152 valence electrons. The Balaban J connectivity index is 0.00000261. The van der Waals surface area contributed by atoms with Crippen molar-refractivity contribution in [3.05, 3.63) is 35.4 Å². The second-order valence-electron chi connectivity index (χ2n) is 7.83. The van der Waals surface area contributed by atoms with Crippen LogP contribution >= 0.6 is 24.0 Å². The number of aliphatic hydroxyl groups is 1. The molecule has 0 bridgehead atoms. The number of benzene rings is 1. The van der Waals surface area contributed by atoms with Gasteiger partial charge in [-0.25, -0.2) is 0 Å². The smallest absolute Gasteiger partial charge is 0.191 e. The van der Waals surface area contributed by atoms with Gasteiger partial charge < -0.3 is 20.5 Å². The minimum Gasteiger partial charge on any atom is -0.385 e. The van der Waals surface area contributed by atoms with Gasteiger partial charge in [0.25, 0.3) is 0 Å². The third-order valence-corrected chi connectivity index (χ3v) is 6.04. The molecule has 1 aromatic carbocycles. The van der Waals surface area contributed by atoms with E-state index in [1.165, 1.54) is 24.8 Å². The van der Waals surface area contributed by atoms with Crippen LogP contribution in [0.1, 0.15) is 50.2 Å². The van der Waals surface area contributed by atoms with E-state index in [1.807, 2.05) is 18.2 Å². The summed E-state index contributed by atoms with van der Waals surface area (Å²) in [6, 6.07) is 8.21. The van der Waals surface area contributed by atoms with Gasteiger partial charge in [0.2, 0.25) is 0 Å². The average Bonchev–Trinajstić information content (AvgIpc) is 2.96. The Morgan fingerprint density at radius 1 is 1.22 bits per heavy atom. The zero-order valence-electron chi connectivity index (χ0n) is 16.6. The van der Waals surface area contributed by atoms with Gasteiger partial charge in [-0.3, -0.25) is 4.99 Å². The number of nitrogens with zero attached hydrogens (tertiary/aromatic N) is 1. The van der Waals surface area contributed by atoms with Crippen molar-refractivity contribution in [2.24, 2.45) is 10.4 Å². The summed E-state index contributed by atoms with van der Waals surface area (Å²) in [5.41, 5.74) is 1.80. The Morgan fingerprint density at radius 2 is 2.00 bits per heavy atom. The molecular weight excluding hydrogens is 453 g/mol. The molecule has 0 amide bonds. The van der Waals surface area contributed by atoms with Crippen molar-refractivity contribution < 1.29 is 9.84 Å². The van der Waals surface area contributed by atoms with Crippen LogP contribution in [0, 0.1) is 5.41 Å². The fraction of sp³-hybridized carbons (Fsp3) is 0.667. The highest BCUT2D eigenvalue weighted by Crippen LogP contribution is 2.44. The predicted molar refractivity (Wildman–Crippen MR) is 121 cm³/mol. The van der Waals surface area contributed by atoms with Crippen molar-refractivity contribution in [2.75, 3.05) is 33.4 Å². The SMILES string of the molecule is CCNC(=NCC1(CCOC)CCC1)NCC1(O)CCc2ccccc21.I. The molecule has 1 saturated carbocycles. The van der Waals surface area contributed by atoms with Crippen molar-refractivity contribution >= 4 is 29.9 Å². The minimum atomic E-state index is -0.809. The Kier molecular flexibility index (Phi) is 8.37. The molecule has 0 spiro atoms. The number of halogens is 1. The van der Waals surface area contributed by atoms with Gasteiger partial charge in [-0.2, -0.15) is 0 Å². The number of ether oxygens (including phenoxy) is 1. The van der Waals surface area contributed by atoms with E-state index in [4.69, 9.17) is 9.73 Å².